The maximum atomic E-state index is 12.3. The second-order valence-corrected chi connectivity index (χ2v) is 6.35. The van der Waals surface area contributed by atoms with Crippen molar-refractivity contribution in [1.82, 2.24) is 14.9 Å². The number of hydrogen-bond donors (Lipinski definition) is 1. The molecule has 1 amide bonds. The van der Waals surface area contributed by atoms with Gasteiger partial charge in [-0.15, -0.1) is 0 Å². The Morgan fingerprint density at radius 3 is 3.04 bits per heavy atom. The molecule has 0 aromatic carbocycles. The average molecular weight is 321 g/mol. The van der Waals surface area contributed by atoms with E-state index in [4.69, 9.17) is 9.47 Å². The third-order valence-corrected chi connectivity index (χ3v) is 4.75. The number of nitrogens with one attached hydrogen (secondary N) is 1. The molecule has 2 saturated heterocycles. The van der Waals surface area contributed by atoms with Gasteiger partial charge in [0.1, 0.15) is 11.9 Å². The lowest BCUT2D eigenvalue weighted by molar-refractivity contribution is -0.123. The number of rotatable bonds is 6. The molecule has 6 heteroatoms. The van der Waals surface area contributed by atoms with Gasteiger partial charge in [0.2, 0.25) is 5.91 Å². The van der Waals surface area contributed by atoms with Crippen LogP contribution >= 0.6 is 0 Å². The van der Waals surface area contributed by atoms with Crippen molar-refractivity contribution in [2.45, 2.75) is 70.2 Å². The molecule has 1 aromatic heterocycles. The van der Waals surface area contributed by atoms with Crippen molar-refractivity contribution in [2.75, 3.05) is 13.2 Å². The molecule has 0 bridgehead atoms. The molecular formula is C17H27N3O3. The minimum absolute atomic E-state index is 0.0162. The summed E-state index contributed by atoms with van der Waals surface area (Å²) in [6.07, 6.45) is 9.48. The summed E-state index contributed by atoms with van der Waals surface area (Å²) in [6, 6.07) is 0.0162. The first kappa shape index (κ1) is 16.5. The Balaban J connectivity index is 1.51. The van der Waals surface area contributed by atoms with Crippen LogP contribution in [0.2, 0.25) is 0 Å². The van der Waals surface area contributed by atoms with Gasteiger partial charge in [0.25, 0.3) is 0 Å². The zero-order valence-corrected chi connectivity index (χ0v) is 13.9. The van der Waals surface area contributed by atoms with Crippen LogP contribution in [-0.4, -0.2) is 40.8 Å². The summed E-state index contributed by atoms with van der Waals surface area (Å²) in [4.78, 5) is 16.7. The fourth-order valence-electron chi connectivity index (χ4n) is 3.44. The summed E-state index contributed by atoms with van der Waals surface area (Å²) in [5.74, 6) is 1.00. The van der Waals surface area contributed by atoms with Crippen LogP contribution in [0.1, 0.15) is 57.4 Å². The zero-order chi connectivity index (χ0) is 16.1. The van der Waals surface area contributed by atoms with Crippen LogP contribution in [0.15, 0.2) is 12.4 Å². The number of hydrogen-bond acceptors (Lipinski definition) is 4. The number of ether oxygens (including phenoxy) is 2. The summed E-state index contributed by atoms with van der Waals surface area (Å²) in [5.41, 5.74) is 0. The molecule has 2 fully saturated rings. The molecule has 23 heavy (non-hydrogen) atoms. The van der Waals surface area contributed by atoms with Gasteiger partial charge in [0.05, 0.1) is 12.1 Å². The number of imidazole rings is 1. The minimum atomic E-state index is -0.139. The van der Waals surface area contributed by atoms with Gasteiger partial charge in [-0.2, -0.15) is 0 Å². The Labute approximate surface area is 137 Å². The molecule has 2 aliphatic rings. The first-order valence-corrected chi connectivity index (χ1v) is 8.81. The quantitative estimate of drug-likeness (QED) is 0.872. The molecule has 3 heterocycles. The lowest BCUT2D eigenvalue weighted by atomic mass is 10.0. The zero-order valence-electron chi connectivity index (χ0n) is 13.9. The van der Waals surface area contributed by atoms with Gasteiger partial charge in [-0.3, -0.25) is 4.79 Å². The molecule has 0 aliphatic carbocycles. The van der Waals surface area contributed by atoms with E-state index >= 15 is 0 Å². The Morgan fingerprint density at radius 2 is 2.26 bits per heavy atom. The Hall–Kier alpha value is -1.40. The first-order chi connectivity index (χ1) is 11.3. The molecular weight excluding hydrogens is 294 g/mol. The Morgan fingerprint density at radius 1 is 1.35 bits per heavy atom. The standard InChI is InChI=1S/C17H27N3O3/c1-2-20-10-9-18-17(20)16-14(8-12-23-16)19-15(21)7-6-13-5-3-4-11-22-13/h9-10,13-14,16H,2-8,11-12H2,1H3,(H,19,21)/t13-,14-,16-/m0/s1. The first-order valence-electron chi connectivity index (χ1n) is 8.81. The predicted molar refractivity (Wildman–Crippen MR) is 86.0 cm³/mol. The van der Waals surface area contributed by atoms with Crippen LogP contribution in [0.4, 0.5) is 0 Å². The van der Waals surface area contributed by atoms with Crippen molar-refractivity contribution in [3.8, 4) is 0 Å². The maximum absolute atomic E-state index is 12.3. The number of carbonyl (C=O) groups is 1. The maximum Gasteiger partial charge on any atom is 0.220 e. The molecule has 6 nitrogen and oxygen atoms in total. The van der Waals surface area contributed by atoms with Crippen LogP contribution in [0.5, 0.6) is 0 Å². The molecule has 128 valence electrons. The van der Waals surface area contributed by atoms with E-state index in [0.717, 1.165) is 44.7 Å². The highest BCUT2D eigenvalue weighted by Crippen LogP contribution is 2.28. The third-order valence-electron chi connectivity index (χ3n) is 4.75. The Bertz CT molecular complexity index is 511. The van der Waals surface area contributed by atoms with E-state index in [1.54, 1.807) is 6.20 Å². The highest BCUT2D eigenvalue weighted by atomic mass is 16.5. The van der Waals surface area contributed by atoms with E-state index in [0.29, 0.717) is 13.0 Å². The number of aryl methyl sites for hydroxylation is 1. The summed E-state index contributed by atoms with van der Waals surface area (Å²) in [7, 11) is 0. The van der Waals surface area contributed by atoms with E-state index < -0.39 is 0 Å². The van der Waals surface area contributed by atoms with E-state index in [2.05, 4.69) is 21.8 Å². The van der Waals surface area contributed by atoms with Gasteiger partial charge >= 0.3 is 0 Å². The van der Waals surface area contributed by atoms with Gasteiger partial charge in [0, 0.05) is 38.6 Å². The van der Waals surface area contributed by atoms with Gasteiger partial charge in [-0.1, -0.05) is 0 Å². The van der Waals surface area contributed by atoms with E-state index in [9.17, 15) is 4.79 Å². The molecule has 0 saturated carbocycles. The van der Waals surface area contributed by atoms with Crippen LogP contribution in [-0.2, 0) is 20.8 Å². The average Bonchev–Trinajstić information content (AvgIpc) is 3.22. The van der Waals surface area contributed by atoms with Crippen molar-refractivity contribution in [3.05, 3.63) is 18.2 Å². The molecule has 0 radical (unpaired) electrons. The summed E-state index contributed by atoms with van der Waals surface area (Å²) in [5, 5.41) is 3.14. The van der Waals surface area contributed by atoms with Gasteiger partial charge in [-0.25, -0.2) is 4.98 Å². The lowest BCUT2D eigenvalue weighted by Gasteiger charge is -2.23. The highest BCUT2D eigenvalue weighted by molar-refractivity contribution is 5.76. The second kappa shape index (κ2) is 7.93. The topological polar surface area (TPSA) is 65.4 Å². The summed E-state index contributed by atoms with van der Waals surface area (Å²) in [6.45, 7) is 4.44. The summed E-state index contributed by atoms with van der Waals surface area (Å²) >= 11 is 0. The van der Waals surface area contributed by atoms with Crippen molar-refractivity contribution in [1.29, 1.82) is 0 Å². The molecule has 3 atom stereocenters. The molecule has 2 aliphatic heterocycles. The number of aromatic nitrogens is 2. The van der Waals surface area contributed by atoms with Crippen LogP contribution < -0.4 is 5.32 Å². The van der Waals surface area contributed by atoms with Crippen molar-refractivity contribution < 1.29 is 14.3 Å². The lowest BCUT2D eigenvalue weighted by Crippen LogP contribution is -2.38. The normalized spacial score (nSPS) is 28.0. The third kappa shape index (κ3) is 4.12. The largest absolute Gasteiger partial charge is 0.378 e. The molecule has 1 aromatic rings. The van der Waals surface area contributed by atoms with E-state index in [1.165, 1.54) is 6.42 Å². The van der Waals surface area contributed by atoms with Crippen molar-refractivity contribution >= 4 is 5.91 Å². The monoisotopic (exact) mass is 321 g/mol. The smallest absolute Gasteiger partial charge is 0.220 e. The SMILES string of the molecule is CCn1ccnc1[C@H]1OCC[C@@H]1NC(=O)CC[C@@H]1CCCCO1. The van der Waals surface area contributed by atoms with E-state index in [1.807, 2.05) is 6.20 Å². The fraction of sp³-hybridized carbons (Fsp3) is 0.765. The van der Waals surface area contributed by atoms with Crippen LogP contribution in [0.25, 0.3) is 0 Å². The summed E-state index contributed by atoms with van der Waals surface area (Å²) < 4.78 is 13.6. The van der Waals surface area contributed by atoms with E-state index in [-0.39, 0.29) is 24.2 Å². The number of nitrogens with zero attached hydrogens (tertiary/aromatic N) is 2. The molecule has 0 spiro atoms. The predicted octanol–water partition coefficient (Wildman–Crippen LogP) is 2.20. The molecule has 3 rings (SSSR count). The van der Waals surface area contributed by atoms with Gasteiger partial charge in [0.15, 0.2) is 0 Å². The van der Waals surface area contributed by atoms with Crippen LogP contribution in [0, 0.1) is 0 Å². The molecule has 0 unspecified atom stereocenters. The van der Waals surface area contributed by atoms with Gasteiger partial charge in [-0.05, 0) is 39.0 Å². The Kier molecular flexibility index (Phi) is 5.67. The number of carbonyl (C=O) groups excluding carboxylic acids is 1. The minimum Gasteiger partial charge on any atom is -0.378 e. The van der Waals surface area contributed by atoms with Crippen molar-refractivity contribution in [2.24, 2.45) is 0 Å². The molecule has 1 N–H and O–H groups in total. The van der Waals surface area contributed by atoms with Gasteiger partial charge < -0.3 is 19.4 Å². The fourth-order valence-corrected chi connectivity index (χ4v) is 3.44. The highest BCUT2D eigenvalue weighted by Gasteiger charge is 2.33. The number of amides is 1. The van der Waals surface area contributed by atoms with Crippen molar-refractivity contribution in [3.63, 3.8) is 0 Å². The second-order valence-electron chi connectivity index (χ2n) is 6.35. The van der Waals surface area contributed by atoms with Crippen LogP contribution in [0.3, 0.4) is 0 Å².